The highest BCUT2D eigenvalue weighted by Crippen LogP contribution is 2.30. The highest BCUT2D eigenvalue weighted by atomic mass is 32.2. The lowest BCUT2D eigenvalue weighted by atomic mass is 10.0. The number of aromatic nitrogens is 4. The first kappa shape index (κ1) is 18.9. The number of hydrogen-bond acceptors (Lipinski definition) is 7. The van der Waals surface area contributed by atoms with Crippen LogP contribution in [0.4, 0.5) is 0 Å². The molecule has 0 saturated heterocycles. The van der Waals surface area contributed by atoms with Crippen LogP contribution in [0.3, 0.4) is 0 Å². The maximum absolute atomic E-state index is 12.6. The molecular formula is C19H20N4O3S. The SMILES string of the molecule is COc1ccc(-n2nnnc2SCC(=O)c2cc(C)ccc2C)cc1OC. The van der Waals surface area contributed by atoms with Gasteiger partial charge < -0.3 is 9.47 Å². The number of rotatable bonds is 7. The minimum atomic E-state index is 0.0445. The van der Waals surface area contributed by atoms with Gasteiger partial charge in [0.25, 0.3) is 0 Å². The van der Waals surface area contributed by atoms with Crippen LogP contribution in [0.25, 0.3) is 5.69 Å². The van der Waals surface area contributed by atoms with Crippen LogP contribution in [0, 0.1) is 13.8 Å². The Labute approximate surface area is 161 Å². The number of ether oxygens (including phenoxy) is 2. The van der Waals surface area contributed by atoms with E-state index in [4.69, 9.17) is 9.47 Å². The van der Waals surface area contributed by atoms with Crippen LogP contribution in [0.2, 0.25) is 0 Å². The van der Waals surface area contributed by atoms with E-state index >= 15 is 0 Å². The number of carbonyl (C=O) groups is 1. The molecule has 0 bridgehead atoms. The second-order valence-corrected chi connectivity index (χ2v) is 6.89. The van der Waals surface area contributed by atoms with E-state index < -0.39 is 0 Å². The van der Waals surface area contributed by atoms with Gasteiger partial charge in [-0.05, 0) is 48.0 Å². The van der Waals surface area contributed by atoms with Gasteiger partial charge in [0.1, 0.15) is 0 Å². The van der Waals surface area contributed by atoms with Crippen molar-refractivity contribution in [1.29, 1.82) is 0 Å². The van der Waals surface area contributed by atoms with Crippen molar-refractivity contribution in [3.63, 3.8) is 0 Å². The number of tetrazole rings is 1. The molecule has 3 rings (SSSR count). The molecule has 0 aliphatic rings. The quantitative estimate of drug-likeness (QED) is 0.457. The van der Waals surface area contributed by atoms with Crippen molar-refractivity contribution < 1.29 is 14.3 Å². The fourth-order valence-corrected chi connectivity index (χ4v) is 3.41. The van der Waals surface area contributed by atoms with Crippen LogP contribution in [0.5, 0.6) is 11.5 Å². The van der Waals surface area contributed by atoms with Crippen molar-refractivity contribution in [2.24, 2.45) is 0 Å². The lowest BCUT2D eigenvalue weighted by Gasteiger charge is -2.10. The standard InChI is InChI=1S/C19H20N4O3S/c1-12-5-6-13(2)15(9-12)16(24)11-27-19-20-21-22-23(19)14-7-8-17(25-3)18(10-14)26-4/h5-10H,11H2,1-4H3. The Morgan fingerprint density at radius 3 is 2.59 bits per heavy atom. The van der Waals surface area contributed by atoms with Gasteiger partial charge in [0, 0.05) is 11.6 Å². The third-order valence-electron chi connectivity index (χ3n) is 4.08. The molecule has 0 fully saturated rings. The van der Waals surface area contributed by atoms with E-state index in [1.165, 1.54) is 11.8 Å². The third-order valence-corrected chi connectivity index (χ3v) is 5.00. The van der Waals surface area contributed by atoms with Crippen LogP contribution >= 0.6 is 11.8 Å². The van der Waals surface area contributed by atoms with Gasteiger partial charge in [-0.15, -0.1) is 5.10 Å². The monoisotopic (exact) mass is 384 g/mol. The zero-order valence-electron chi connectivity index (χ0n) is 15.6. The summed E-state index contributed by atoms with van der Waals surface area (Å²) in [4.78, 5) is 12.6. The Morgan fingerprint density at radius 1 is 1.07 bits per heavy atom. The first-order valence-electron chi connectivity index (χ1n) is 8.27. The Bertz CT molecular complexity index is 971. The highest BCUT2D eigenvalue weighted by Gasteiger charge is 2.15. The van der Waals surface area contributed by atoms with E-state index in [2.05, 4.69) is 15.5 Å². The Morgan fingerprint density at radius 2 is 1.85 bits per heavy atom. The second kappa shape index (κ2) is 8.22. The molecule has 0 unspecified atom stereocenters. The molecule has 8 heteroatoms. The molecule has 0 radical (unpaired) electrons. The van der Waals surface area contributed by atoms with Gasteiger partial charge in [0.15, 0.2) is 17.3 Å². The van der Waals surface area contributed by atoms with E-state index in [1.807, 2.05) is 38.1 Å². The summed E-state index contributed by atoms with van der Waals surface area (Å²) < 4.78 is 12.2. The van der Waals surface area contributed by atoms with E-state index in [0.29, 0.717) is 16.7 Å². The van der Waals surface area contributed by atoms with Crippen molar-refractivity contribution in [2.75, 3.05) is 20.0 Å². The van der Waals surface area contributed by atoms with Gasteiger partial charge in [-0.25, -0.2) is 0 Å². The number of ketones is 1. The van der Waals surface area contributed by atoms with Crippen LogP contribution in [-0.4, -0.2) is 46.0 Å². The summed E-state index contributed by atoms with van der Waals surface area (Å²) in [5.41, 5.74) is 3.47. The molecule has 0 aliphatic carbocycles. The largest absolute Gasteiger partial charge is 0.493 e. The van der Waals surface area contributed by atoms with Gasteiger partial charge in [-0.1, -0.05) is 29.5 Å². The number of hydrogen-bond donors (Lipinski definition) is 0. The Kier molecular flexibility index (Phi) is 5.75. The molecule has 2 aromatic carbocycles. The van der Waals surface area contributed by atoms with Gasteiger partial charge in [0.2, 0.25) is 5.16 Å². The molecule has 1 aromatic heterocycles. The number of Topliss-reactive ketones (excluding diaryl/α,β-unsaturated/α-hetero) is 1. The normalized spacial score (nSPS) is 10.7. The number of carbonyl (C=O) groups excluding carboxylic acids is 1. The summed E-state index contributed by atoms with van der Waals surface area (Å²) in [5, 5.41) is 12.3. The first-order chi connectivity index (χ1) is 13.0. The molecule has 7 nitrogen and oxygen atoms in total. The number of methoxy groups -OCH3 is 2. The summed E-state index contributed by atoms with van der Waals surface area (Å²) in [6.07, 6.45) is 0. The van der Waals surface area contributed by atoms with Crippen LogP contribution in [0.15, 0.2) is 41.6 Å². The van der Waals surface area contributed by atoms with Crippen LogP contribution in [0.1, 0.15) is 21.5 Å². The predicted octanol–water partition coefficient (Wildman–Crippen LogP) is 3.27. The van der Waals surface area contributed by atoms with E-state index in [0.717, 1.165) is 22.4 Å². The fourth-order valence-electron chi connectivity index (χ4n) is 2.63. The van der Waals surface area contributed by atoms with Crippen molar-refractivity contribution in [3.8, 4) is 17.2 Å². The highest BCUT2D eigenvalue weighted by molar-refractivity contribution is 7.99. The molecule has 0 N–H and O–H groups in total. The first-order valence-corrected chi connectivity index (χ1v) is 9.26. The zero-order valence-corrected chi connectivity index (χ0v) is 16.4. The number of benzene rings is 2. The fraction of sp³-hybridized carbons (Fsp3) is 0.263. The maximum atomic E-state index is 12.6. The number of aryl methyl sites for hydroxylation is 2. The van der Waals surface area contributed by atoms with Gasteiger partial charge >= 0.3 is 0 Å². The lowest BCUT2D eigenvalue weighted by molar-refractivity contribution is 0.102. The maximum Gasteiger partial charge on any atom is 0.214 e. The summed E-state index contributed by atoms with van der Waals surface area (Å²) in [6, 6.07) is 11.3. The van der Waals surface area contributed by atoms with Crippen molar-refractivity contribution in [3.05, 3.63) is 53.1 Å². The summed E-state index contributed by atoms with van der Waals surface area (Å²) in [5.74, 6) is 1.49. The predicted molar refractivity (Wildman–Crippen MR) is 103 cm³/mol. The molecular weight excluding hydrogens is 364 g/mol. The van der Waals surface area contributed by atoms with Crippen LogP contribution in [-0.2, 0) is 0 Å². The van der Waals surface area contributed by atoms with Gasteiger partial charge in [0.05, 0.1) is 25.7 Å². The topological polar surface area (TPSA) is 79.1 Å². The van der Waals surface area contributed by atoms with Crippen LogP contribution < -0.4 is 9.47 Å². The molecule has 0 amide bonds. The molecule has 0 aliphatic heterocycles. The minimum absolute atomic E-state index is 0.0445. The van der Waals surface area contributed by atoms with Gasteiger partial charge in [-0.2, -0.15) is 4.68 Å². The van der Waals surface area contributed by atoms with E-state index in [1.54, 1.807) is 31.0 Å². The summed E-state index contributed by atoms with van der Waals surface area (Å²) in [7, 11) is 3.15. The van der Waals surface area contributed by atoms with Crippen molar-refractivity contribution >= 4 is 17.5 Å². The average molecular weight is 384 g/mol. The van der Waals surface area contributed by atoms with Crippen molar-refractivity contribution in [1.82, 2.24) is 20.2 Å². The molecule has 1 heterocycles. The lowest BCUT2D eigenvalue weighted by Crippen LogP contribution is -2.07. The van der Waals surface area contributed by atoms with Gasteiger partial charge in [-0.3, -0.25) is 4.79 Å². The Hall–Kier alpha value is -2.87. The molecule has 0 saturated carbocycles. The number of thioether (sulfide) groups is 1. The molecule has 140 valence electrons. The smallest absolute Gasteiger partial charge is 0.214 e. The summed E-state index contributed by atoms with van der Waals surface area (Å²) >= 11 is 1.29. The molecule has 3 aromatic rings. The summed E-state index contributed by atoms with van der Waals surface area (Å²) in [6.45, 7) is 3.91. The molecule has 0 atom stereocenters. The third kappa shape index (κ3) is 4.11. The van der Waals surface area contributed by atoms with Crippen molar-refractivity contribution in [2.45, 2.75) is 19.0 Å². The van der Waals surface area contributed by atoms with E-state index in [9.17, 15) is 4.79 Å². The Balaban J connectivity index is 1.80. The number of nitrogens with zero attached hydrogens (tertiary/aromatic N) is 4. The zero-order chi connectivity index (χ0) is 19.4. The second-order valence-electron chi connectivity index (χ2n) is 5.94. The molecule has 27 heavy (non-hydrogen) atoms. The minimum Gasteiger partial charge on any atom is -0.493 e. The average Bonchev–Trinajstić information content (AvgIpc) is 3.16. The molecule has 0 spiro atoms. The van der Waals surface area contributed by atoms with E-state index in [-0.39, 0.29) is 11.5 Å².